The number of carbonyl (C=O) groups excluding carboxylic acids is 1. The van der Waals surface area contributed by atoms with Crippen molar-refractivity contribution in [1.29, 1.82) is 0 Å². The number of hydrogen-bond acceptors (Lipinski definition) is 5. The topological polar surface area (TPSA) is 104 Å². The van der Waals surface area contributed by atoms with Crippen molar-refractivity contribution < 1.29 is 23.1 Å². The van der Waals surface area contributed by atoms with Gasteiger partial charge in [-0.2, -0.15) is 0 Å². The Labute approximate surface area is 114 Å². The summed E-state index contributed by atoms with van der Waals surface area (Å²) in [6, 6.07) is 0.227. The van der Waals surface area contributed by atoms with Crippen molar-refractivity contribution in [2.75, 3.05) is 14.1 Å². The molecule has 1 atom stereocenters. The molecule has 0 aliphatic heterocycles. The van der Waals surface area contributed by atoms with Crippen LogP contribution in [0.15, 0.2) is 16.3 Å². The average molecular weight is 306 g/mol. The molecule has 1 rings (SSSR count). The number of aliphatic carboxylic acids is 1. The number of hydrogen-bond donors (Lipinski definition) is 2. The Balaban J connectivity index is 3.08. The highest BCUT2D eigenvalue weighted by molar-refractivity contribution is 7.89. The molecule has 106 valence electrons. The van der Waals surface area contributed by atoms with Crippen LogP contribution in [0, 0.1) is 0 Å². The second-order valence-corrected chi connectivity index (χ2v) is 6.97. The van der Waals surface area contributed by atoms with E-state index in [2.05, 4.69) is 5.32 Å². The van der Waals surface area contributed by atoms with Gasteiger partial charge in [-0.05, 0) is 18.4 Å². The van der Waals surface area contributed by atoms with Crippen LogP contribution in [-0.2, 0) is 14.8 Å². The normalized spacial score (nSPS) is 13.3. The van der Waals surface area contributed by atoms with Crippen molar-refractivity contribution in [3.8, 4) is 0 Å². The molecule has 0 bridgehead atoms. The Morgan fingerprint density at radius 1 is 1.42 bits per heavy atom. The number of carboxylic acid groups (broad SMARTS) is 1. The third kappa shape index (κ3) is 3.31. The van der Waals surface area contributed by atoms with Gasteiger partial charge in [0.2, 0.25) is 10.0 Å². The van der Waals surface area contributed by atoms with Crippen LogP contribution in [0.5, 0.6) is 0 Å². The molecule has 0 spiro atoms. The largest absolute Gasteiger partial charge is 0.480 e. The van der Waals surface area contributed by atoms with Crippen LogP contribution in [0.3, 0.4) is 0 Å². The second-order valence-electron chi connectivity index (χ2n) is 3.93. The molecular weight excluding hydrogens is 292 g/mol. The van der Waals surface area contributed by atoms with E-state index in [1.54, 1.807) is 0 Å². The van der Waals surface area contributed by atoms with Gasteiger partial charge in [0.25, 0.3) is 5.91 Å². The summed E-state index contributed by atoms with van der Waals surface area (Å²) in [5, 5.41) is 12.4. The number of amides is 1. The highest BCUT2D eigenvalue weighted by atomic mass is 32.2. The van der Waals surface area contributed by atoms with E-state index < -0.39 is 27.9 Å². The van der Waals surface area contributed by atoms with Gasteiger partial charge >= 0.3 is 5.97 Å². The summed E-state index contributed by atoms with van der Waals surface area (Å²) in [6.45, 7) is 1.30. The summed E-state index contributed by atoms with van der Waals surface area (Å²) in [6.07, 6.45) is 0. The molecular formula is C10H14N2O5S2. The van der Waals surface area contributed by atoms with Crippen molar-refractivity contribution in [2.45, 2.75) is 17.9 Å². The lowest BCUT2D eigenvalue weighted by Crippen LogP contribution is -2.38. The van der Waals surface area contributed by atoms with Gasteiger partial charge in [-0.15, -0.1) is 11.3 Å². The molecule has 1 aromatic rings. The fourth-order valence-electron chi connectivity index (χ4n) is 1.19. The third-order valence-corrected chi connectivity index (χ3v) is 5.21. The van der Waals surface area contributed by atoms with Crippen molar-refractivity contribution in [1.82, 2.24) is 9.62 Å². The molecule has 9 heteroatoms. The highest BCUT2D eigenvalue weighted by Gasteiger charge is 2.27. The molecule has 0 unspecified atom stereocenters. The zero-order chi connectivity index (χ0) is 14.8. The van der Waals surface area contributed by atoms with E-state index in [0.29, 0.717) is 0 Å². The predicted octanol–water partition coefficient (Wildman–Crippen LogP) is 0.201. The minimum absolute atomic E-state index is 0.0261. The lowest BCUT2D eigenvalue weighted by molar-refractivity contribution is -0.138. The molecule has 7 nitrogen and oxygen atoms in total. The summed E-state index contributed by atoms with van der Waals surface area (Å²) in [5.74, 6) is -1.91. The van der Waals surface area contributed by atoms with Crippen molar-refractivity contribution in [3.05, 3.63) is 16.3 Å². The highest BCUT2D eigenvalue weighted by Crippen LogP contribution is 2.24. The van der Waals surface area contributed by atoms with E-state index in [-0.39, 0.29) is 9.77 Å². The molecule has 0 saturated heterocycles. The van der Waals surface area contributed by atoms with E-state index >= 15 is 0 Å². The molecule has 2 N–H and O–H groups in total. The van der Waals surface area contributed by atoms with Crippen LogP contribution in [0.2, 0.25) is 0 Å². The summed E-state index contributed by atoms with van der Waals surface area (Å²) in [4.78, 5) is 22.4. The van der Waals surface area contributed by atoms with E-state index in [1.807, 2.05) is 0 Å². The molecule has 0 aliphatic carbocycles. The molecule has 0 aromatic carbocycles. The van der Waals surface area contributed by atoms with Gasteiger partial charge in [0.1, 0.15) is 15.8 Å². The fraction of sp³-hybridized carbons (Fsp3) is 0.400. The maximum absolute atomic E-state index is 12.0. The zero-order valence-electron chi connectivity index (χ0n) is 10.6. The molecule has 0 aliphatic rings. The summed E-state index contributed by atoms with van der Waals surface area (Å²) >= 11 is 0.945. The van der Waals surface area contributed by atoms with Gasteiger partial charge in [-0.1, -0.05) is 0 Å². The summed E-state index contributed by atoms with van der Waals surface area (Å²) < 4.78 is 24.9. The number of carbonyl (C=O) groups is 2. The smallest absolute Gasteiger partial charge is 0.325 e. The fourth-order valence-corrected chi connectivity index (χ4v) is 3.38. The van der Waals surface area contributed by atoms with Crippen molar-refractivity contribution >= 4 is 33.2 Å². The van der Waals surface area contributed by atoms with Gasteiger partial charge in [0, 0.05) is 14.1 Å². The minimum Gasteiger partial charge on any atom is -0.480 e. The zero-order valence-corrected chi connectivity index (χ0v) is 12.2. The molecule has 1 amide bonds. The number of nitrogens with zero attached hydrogens (tertiary/aromatic N) is 1. The first-order valence-corrected chi connectivity index (χ1v) is 7.53. The standard InChI is InChI=1S/C10H14N2O5S2/c1-6(10(14)15)11-9(13)8-7(4-5-18-8)19(16,17)12(2)3/h4-6H,1-3H3,(H,11,13)(H,14,15)/t6-/m1/s1. The van der Waals surface area contributed by atoms with Gasteiger partial charge in [0.05, 0.1) is 0 Å². The van der Waals surface area contributed by atoms with Crippen LogP contribution in [0.4, 0.5) is 0 Å². The van der Waals surface area contributed by atoms with Crippen molar-refractivity contribution in [3.63, 3.8) is 0 Å². The van der Waals surface area contributed by atoms with Crippen molar-refractivity contribution in [2.24, 2.45) is 0 Å². The number of carboxylic acids is 1. The number of nitrogens with one attached hydrogen (secondary N) is 1. The van der Waals surface area contributed by atoms with Crippen LogP contribution in [0.25, 0.3) is 0 Å². The Kier molecular flexibility index (Phi) is 4.66. The van der Waals surface area contributed by atoms with Crippen LogP contribution in [0.1, 0.15) is 16.6 Å². The van der Waals surface area contributed by atoms with E-state index in [1.165, 1.54) is 32.5 Å². The predicted molar refractivity (Wildman–Crippen MR) is 69.8 cm³/mol. The summed E-state index contributed by atoms with van der Waals surface area (Å²) in [5.41, 5.74) is 0. The molecule has 19 heavy (non-hydrogen) atoms. The van der Waals surface area contributed by atoms with Gasteiger partial charge < -0.3 is 10.4 Å². The second kappa shape index (κ2) is 5.68. The molecule has 0 saturated carbocycles. The number of sulfonamides is 1. The first-order chi connectivity index (χ1) is 8.67. The quantitative estimate of drug-likeness (QED) is 0.809. The lowest BCUT2D eigenvalue weighted by Gasteiger charge is -2.13. The lowest BCUT2D eigenvalue weighted by atomic mass is 10.3. The van der Waals surface area contributed by atoms with Crippen LogP contribution >= 0.6 is 11.3 Å². The SMILES string of the molecule is C[C@@H](NC(=O)c1sccc1S(=O)(=O)N(C)C)C(=O)O. The molecule has 0 fully saturated rings. The molecule has 0 radical (unpaired) electrons. The van der Waals surface area contributed by atoms with Gasteiger partial charge in [0.15, 0.2) is 0 Å². The van der Waals surface area contributed by atoms with E-state index in [9.17, 15) is 18.0 Å². The average Bonchev–Trinajstić information content (AvgIpc) is 2.77. The summed E-state index contributed by atoms with van der Waals surface area (Å²) in [7, 11) is -1.02. The first kappa shape index (κ1) is 15.6. The Bertz CT molecular complexity index is 591. The first-order valence-electron chi connectivity index (χ1n) is 5.21. The van der Waals surface area contributed by atoms with E-state index in [0.717, 1.165) is 15.6 Å². The van der Waals surface area contributed by atoms with Crippen LogP contribution < -0.4 is 5.32 Å². The monoisotopic (exact) mass is 306 g/mol. The maximum Gasteiger partial charge on any atom is 0.325 e. The molecule has 1 heterocycles. The minimum atomic E-state index is -3.73. The van der Waals surface area contributed by atoms with Gasteiger partial charge in [-0.3, -0.25) is 9.59 Å². The maximum atomic E-state index is 12.0. The van der Waals surface area contributed by atoms with Gasteiger partial charge in [-0.25, -0.2) is 12.7 Å². The number of rotatable bonds is 5. The van der Waals surface area contributed by atoms with E-state index in [4.69, 9.17) is 5.11 Å². The van der Waals surface area contributed by atoms with Crippen LogP contribution in [-0.4, -0.2) is 49.8 Å². The Hall–Kier alpha value is -1.45. The Morgan fingerprint density at radius 3 is 2.47 bits per heavy atom. The molecule has 1 aromatic heterocycles. The third-order valence-electron chi connectivity index (χ3n) is 2.31. The number of thiophene rings is 1. The Morgan fingerprint density at radius 2 is 2.00 bits per heavy atom.